The van der Waals surface area contributed by atoms with Crippen LogP contribution in [0.15, 0.2) is 200 Å². The second kappa shape index (κ2) is 15.8. The monoisotopic (exact) mass is 741 g/mol. The highest BCUT2D eigenvalue weighted by atomic mass is 14.7. The third-order valence-corrected chi connectivity index (χ3v) is 10.8. The Bertz CT molecular complexity index is 2960. The van der Waals surface area contributed by atoms with Gasteiger partial charge in [0.05, 0.1) is 18.0 Å². The summed E-state index contributed by atoms with van der Waals surface area (Å²) >= 11 is 0. The zero-order valence-corrected chi connectivity index (χ0v) is 32.4. The van der Waals surface area contributed by atoms with E-state index in [9.17, 15) is 0 Å². The summed E-state index contributed by atoms with van der Waals surface area (Å²) in [7, 11) is 0. The van der Waals surface area contributed by atoms with E-state index in [1.807, 2.05) is 42.7 Å². The molecule has 0 atom stereocenters. The van der Waals surface area contributed by atoms with Crippen molar-refractivity contribution in [3.8, 4) is 89.3 Å². The molecule has 3 heteroatoms. The van der Waals surface area contributed by atoms with Crippen molar-refractivity contribution in [3.63, 3.8) is 0 Å². The minimum absolute atomic E-state index is 0.609. The highest BCUT2D eigenvalue weighted by molar-refractivity contribution is 5.94. The molecule has 274 valence electrons. The summed E-state index contributed by atoms with van der Waals surface area (Å²) in [5, 5.41) is 0. The van der Waals surface area contributed by atoms with E-state index in [1.165, 1.54) is 16.7 Å². The standard InChI is InChI=1S/C55H39N3/c1-37-29-44(47-21-10-12-23-49(47)52-35-57-54(31-38(52)2)43-19-14-20-46(33-43)56-3)32-45(30-37)48-22-11-13-24-50(48)53-36-58-55(42-17-8-5-9-18-42)34-51(53)41-27-25-40(26-28-41)39-15-6-4-7-16-39/h4-36H,1-2H3. The summed E-state index contributed by atoms with van der Waals surface area (Å²) in [6.45, 7) is 11.8. The summed E-state index contributed by atoms with van der Waals surface area (Å²) in [6, 6.07) is 66.0. The largest absolute Gasteiger partial charge is 0.256 e. The fraction of sp³-hybridized carbons (Fsp3) is 0.0364. The van der Waals surface area contributed by atoms with Crippen molar-refractivity contribution in [1.82, 2.24) is 9.97 Å². The Morgan fingerprint density at radius 1 is 0.345 bits per heavy atom. The summed E-state index contributed by atoms with van der Waals surface area (Å²) in [4.78, 5) is 13.6. The molecule has 0 radical (unpaired) electrons. The minimum atomic E-state index is 0.609. The molecule has 0 fully saturated rings. The molecule has 2 heterocycles. The van der Waals surface area contributed by atoms with Crippen LogP contribution in [0.25, 0.3) is 94.1 Å². The fourth-order valence-corrected chi connectivity index (χ4v) is 7.91. The van der Waals surface area contributed by atoms with E-state index in [1.54, 1.807) is 0 Å². The van der Waals surface area contributed by atoms with Crippen LogP contribution in [0.1, 0.15) is 11.1 Å². The maximum Gasteiger partial charge on any atom is 0.187 e. The lowest BCUT2D eigenvalue weighted by Gasteiger charge is -2.18. The summed E-state index contributed by atoms with van der Waals surface area (Å²) in [5.74, 6) is 0. The van der Waals surface area contributed by atoms with Crippen molar-refractivity contribution in [2.24, 2.45) is 0 Å². The predicted molar refractivity (Wildman–Crippen MR) is 241 cm³/mol. The van der Waals surface area contributed by atoms with E-state index in [4.69, 9.17) is 16.5 Å². The van der Waals surface area contributed by atoms with Crippen LogP contribution in [-0.2, 0) is 0 Å². The smallest absolute Gasteiger partial charge is 0.187 e. The van der Waals surface area contributed by atoms with Crippen LogP contribution in [0.3, 0.4) is 0 Å². The molecule has 9 aromatic rings. The SMILES string of the molecule is [C-]#[N+]c1cccc(-c2cc(C)c(-c3ccccc3-c3cc(C)cc(-c4ccccc4-c4cnc(-c5ccccc5)cc4-c4ccc(-c5ccccc5)cc4)c3)cn2)c1. The molecule has 0 aliphatic heterocycles. The Kier molecular flexibility index (Phi) is 9.82. The number of nitrogens with zero attached hydrogens (tertiary/aromatic N) is 3. The second-order valence-electron chi connectivity index (χ2n) is 14.7. The van der Waals surface area contributed by atoms with E-state index in [-0.39, 0.29) is 0 Å². The molecule has 9 rings (SSSR count). The molecule has 0 saturated heterocycles. The van der Waals surface area contributed by atoms with Crippen molar-refractivity contribution < 1.29 is 0 Å². The summed E-state index contributed by atoms with van der Waals surface area (Å²) in [5.41, 5.74) is 20.4. The Balaban J connectivity index is 1.14. The molecule has 0 amide bonds. The van der Waals surface area contributed by atoms with Gasteiger partial charge in [-0.2, -0.15) is 0 Å². The van der Waals surface area contributed by atoms with Crippen molar-refractivity contribution in [2.45, 2.75) is 13.8 Å². The average molecular weight is 742 g/mol. The first-order valence-electron chi connectivity index (χ1n) is 19.5. The number of aromatic nitrogens is 2. The van der Waals surface area contributed by atoms with E-state index >= 15 is 0 Å². The van der Waals surface area contributed by atoms with E-state index in [0.29, 0.717) is 5.69 Å². The summed E-state index contributed by atoms with van der Waals surface area (Å²) < 4.78 is 0. The third-order valence-electron chi connectivity index (χ3n) is 10.8. The van der Waals surface area contributed by atoms with Gasteiger partial charge >= 0.3 is 0 Å². The van der Waals surface area contributed by atoms with Crippen LogP contribution >= 0.6 is 0 Å². The van der Waals surface area contributed by atoms with Crippen molar-refractivity contribution in [2.75, 3.05) is 0 Å². The molecule has 0 aliphatic carbocycles. The molecule has 3 nitrogen and oxygen atoms in total. The maximum absolute atomic E-state index is 7.45. The number of benzene rings is 7. The fourth-order valence-electron chi connectivity index (χ4n) is 7.91. The molecule has 58 heavy (non-hydrogen) atoms. The second-order valence-corrected chi connectivity index (χ2v) is 14.7. The van der Waals surface area contributed by atoms with Gasteiger partial charge in [0, 0.05) is 29.1 Å². The Labute approximate surface area is 340 Å². The van der Waals surface area contributed by atoms with E-state index in [2.05, 4.69) is 176 Å². The number of hydrogen-bond donors (Lipinski definition) is 0. The number of pyridine rings is 2. The van der Waals surface area contributed by atoms with Crippen molar-refractivity contribution in [3.05, 3.63) is 223 Å². The third kappa shape index (κ3) is 7.23. The molecule has 0 spiro atoms. The first kappa shape index (κ1) is 36.0. The normalized spacial score (nSPS) is 10.9. The number of rotatable bonds is 8. The Hall–Kier alpha value is -7.67. The lowest BCUT2D eigenvalue weighted by molar-refractivity contribution is 1.29. The van der Waals surface area contributed by atoms with Crippen LogP contribution < -0.4 is 0 Å². The van der Waals surface area contributed by atoms with Gasteiger partial charge in [0.15, 0.2) is 5.69 Å². The molecule has 0 saturated carbocycles. The van der Waals surface area contributed by atoms with Gasteiger partial charge in [-0.15, -0.1) is 0 Å². The van der Waals surface area contributed by atoms with Crippen LogP contribution in [0, 0.1) is 20.4 Å². The molecule has 0 N–H and O–H groups in total. The van der Waals surface area contributed by atoms with Gasteiger partial charge in [0.2, 0.25) is 0 Å². The van der Waals surface area contributed by atoms with Crippen molar-refractivity contribution >= 4 is 5.69 Å². The molecule has 2 aromatic heterocycles. The van der Waals surface area contributed by atoms with Gasteiger partial charge in [-0.3, -0.25) is 9.97 Å². The Morgan fingerprint density at radius 2 is 0.845 bits per heavy atom. The van der Waals surface area contributed by atoms with Crippen LogP contribution in [0.2, 0.25) is 0 Å². The van der Waals surface area contributed by atoms with Gasteiger partial charge < -0.3 is 0 Å². The van der Waals surface area contributed by atoms with Gasteiger partial charge in [-0.25, -0.2) is 4.85 Å². The number of aryl methyl sites for hydroxylation is 2. The lowest BCUT2D eigenvalue weighted by Crippen LogP contribution is -1.94. The molecular weight excluding hydrogens is 703 g/mol. The van der Waals surface area contributed by atoms with E-state index < -0.39 is 0 Å². The van der Waals surface area contributed by atoms with E-state index in [0.717, 1.165) is 83.7 Å². The van der Waals surface area contributed by atoms with Gasteiger partial charge in [-0.1, -0.05) is 164 Å². The molecule has 0 aliphatic rings. The van der Waals surface area contributed by atoms with Crippen LogP contribution in [0.4, 0.5) is 5.69 Å². The molecule has 0 unspecified atom stereocenters. The summed E-state index contributed by atoms with van der Waals surface area (Å²) in [6.07, 6.45) is 4.02. The average Bonchev–Trinajstić information content (AvgIpc) is 3.29. The van der Waals surface area contributed by atoms with Gasteiger partial charge in [0.25, 0.3) is 0 Å². The predicted octanol–water partition coefficient (Wildman–Crippen LogP) is 15.0. The Morgan fingerprint density at radius 3 is 1.47 bits per heavy atom. The first-order valence-corrected chi connectivity index (χ1v) is 19.5. The van der Waals surface area contributed by atoms with Crippen LogP contribution in [-0.4, -0.2) is 9.97 Å². The van der Waals surface area contributed by atoms with Crippen molar-refractivity contribution in [1.29, 1.82) is 0 Å². The highest BCUT2D eigenvalue weighted by Gasteiger charge is 2.18. The zero-order valence-electron chi connectivity index (χ0n) is 32.4. The first-order chi connectivity index (χ1) is 28.5. The topological polar surface area (TPSA) is 30.1 Å². The lowest BCUT2D eigenvalue weighted by atomic mass is 9.87. The van der Waals surface area contributed by atoms with Gasteiger partial charge in [0.1, 0.15) is 0 Å². The van der Waals surface area contributed by atoms with Gasteiger partial charge in [-0.05, 0) is 110 Å². The zero-order chi connectivity index (χ0) is 39.4. The highest BCUT2D eigenvalue weighted by Crippen LogP contribution is 2.42. The minimum Gasteiger partial charge on any atom is -0.256 e. The molecule has 7 aromatic carbocycles. The maximum atomic E-state index is 7.45. The quantitative estimate of drug-likeness (QED) is 0.145. The van der Waals surface area contributed by atoms with Crippen LogP contribution in [0.5, 0.6) is 0 Å². The molecule has 0 bridgehead atoms. The number of hydrogen-bond acceptors (Lipinski definition) is 2. The molecular formula is C55H39N3.